The molecule has 8 nitrogen and oxygen atoms in total. The average Bonchev–Trinajstić information content (AvgIpc) is 3.51. The smallest absolute Gasteiger partial charge is 0.406 e. The fourth-order valence-corrected chi connectivity index (χ4v) is 3.86. The molecule has 0 saturated heterocycles. The van der Waals surface area contributed by atoms with Crippen molar-refractivity contribution in [2.75, 3.05) is 11.9 Å². The Labute approximate surface area is 164 Å². The summed E-state index contributed by atoms with van der Waals surface area (Å²) in [6.07, 6.45) is -1.04. The maximum atomic E-state index is 12.3. The minimum absolute atomic E-state index is 0.0678. The largest absolute Gasteiger partial charge is 0.573 e. The van der Waals surface area contributed by atoms with E-state index in [4.69, 9.17) is 5.26 Å². The van der Waals surface area contributed by atoms with Crippen LogP contribution in [0.5, 0.6) is 5.75 Å². The Balaban J connectivity index is 1.78. The molecular formula is C17H16F3N5O3S. The first-order valence-corrected chi connectivity index (χ1v) is 10.0. The molecule has 0 amide bonds. The van der Waals surface area contributed by atoms with E-state index in [1.807, 2.05) is 6.07 Å². The third-order valence-electron chi connectivity index (χ3n) is 4.05. The highest BCUT2D eigenvalue weighted by molar-refractivity contribution is 7.90. The number of alkyl halides is 3. The Morgan fingerprint density at radius 3 is 2.34 bits per heavy atom. The van der Waals surface area contributed by atoms with E-state index in [0.717, 1.165) is 12.1 Å². The molecule has 3 rings (SSSR count). The molecule has 1 heterocycles. The monoisotopic (exact) mass is 427 g/mol. The predicted molar refractivity (Wildman–Crippen MR) is 96.2 cm³/mol. The molecule has 1 unspecified atom stereocenters. The van der Waals surface area contributed by atoms with Crippen LogP contribution in [0.25, 0.3) is 0 Å². The Hall–Kier alpha value is -2.91. The van der Waals surface area contributed by atoms with Crippen LogP contribution in [0.1, 0.15) is 30.0 Å². The van der Waals surface area contributed by atoms with Gasteiger partial charge in [-0.05, 0) is 30.5 Å². The Morgan fingerprint density at radius 1 is 1.21 bits per heavy atom. The molecule has 1 aromatic heterocycles. The molecule has 2 N–H and O–H groups in total. The lowest BCUT2D eigenvalue weighted by Crippen LogP contribution is -2.34. The van der Waals surface area contributed by atoms with E-state index < -0.39 is 33.4 Å². The number of rotatable bonds is 8. The molecule has 1 fully saturated rings. The van der Waals surface area contributed by atoms with Gasteiger partial charge in [-0.2, -0.15) is 5.26 Å². The molecule has 29 heavy (non-hydrogen) atoms. The van der Waals surface area contributed by atoms with Gasteiger partial charge in [0.25, 0.3) is 0 Å². The summed E-state index contributed by atoms with van der Waals surface area (Å²) in [5, 5.41) is 11.3. The van der Waals surface area contributed by atoms with Crippen LogP contribution in [0.2, 0.25) is 0 Å². The lowest BCUT2D eigenvalue weighted by molar-refractivity contribution is -0.274. The molecule has 0 radical (unpaired) electrons. The van der Waals surface area contributed by atoms with Crippen molar-refractivity contribution in [2.24, 2.45) is 0 Å². The van der Waals surface area contributed by atoms with Gasteiger partial charge in [0.2, 0.25) is 16.0 Å². The summed E-state index contributed by atoms with van der Waals surface area (Å²) in [4.78, 5) is 7.95. The third kappa shape index (κ3) is 6.03. The minimum atomic E-state index is -4.81. The topological polar surface area (TPSA) is 117 Å². The number of hydrogen-bond acceptors (Lipinski definition) is 7. The quantitative estimate of drug-likeness (QED) is 0.665. The summed E-state index contributed by atoms with van der Waals surface area (Å²) >= 11 is 0. The molecule has 12 heteroatoms. The summed E-state index contributed by atoms with van der Waals surface area (Å²) in [7, 11) is -3.47. The van der Waals surface area contributed by atoms with Gasteiger partial charge in [-0.1, -0.05) is 12.1 Å². The van der Waals surface area contributed by atoms with Crippen LogP contribution >= 0.6 is 0 Å². The Bertz CT molecular complexity index is 985. The maximum absolute atomic E-state index is 12.3. The molecule has 1 aromatic carbocycles. The van der Waals surface area contributed by atoms with Crippen LogP contribution in [0, 0.1) is 11.3 Å². The second kappa shape index (κ2) is 8.22. The maximum Gasteiger partial charge on any atom is 0.573 e. The normalized spacial score (nSPS) is 15.4. The van der Waals surface area contributed by atoms with Crippen molar-refractivity contribution in [3.63, 3.8) is 0 Å². The van der Waals surface area contributed by atoms with Crippen molar-refractivity contribution in [1.29, 1.82) is 5.26 Å². The second-order valence-electron chi connectivity index (χ2n) is 6.31. The van der Waals surface area contributed by atoms with E-state index >= 15 is 0 Å². The zero-order valence-electron chi connectivity index (χ0n) is 14.8. The van der Waals surface area contributed by atoms with Gasteiger partial charge in [0.05, 0.1) is 29.2 Å². The molecule has 154 valence electrons. The fourth-order valence-electron chi connectivity index (χ4n) is 2.47. The number of hydrogen-bond donors (Lipinski definition) is 2. The van der Waals surface area contributed by atoms with E-state index in [-0.39, 0.29) is 18.1 Å². The molecule has 0 aliphatic heterocycles. The Kier molecular flexibility index (Phi) is 5.90. The number of aromatic nitrogens is 2. The van der Waals surface area contributed by atoms with E-state index in [1.165, 1.54) is 24.5 Å². The van der Waals surface area contributed by atoms with Gasteiger partial charge in [0.15, 0.2) is 0 Å². The van der Waals surface area contributed by atoms with Gasteiger partial charge in [0, 0.05) is 6.54 Å². The second-order valence-corrected chi connectivity index (χ2v) is 8.36. The molecular weight excluding hydrogens is 411 g/mol. The molecule has 0 bridgehead atoms. The average molecular weight is 427 g/mol. The van der Waals surface area contributed by atoms with Crippen molar-refractivity contribution < 1.29 is 26.3 Å². The first-order chi connectivity index (χ1) is 13.7. The van der Waals surface area contributed by atoms with E-state index in [1.54, 1.807) is 0 Å². The highest BCUT2D eigenvalue weighted by atomic mass is 32.2. The first-order valence-electron chi connectivity index (χ1n) is 8.49. The van der Waals surface area contributed by atoms with Crippen LogP contribution in [0.4, 0.5) is 19.1 Å². The van der Waals surface area contributed by atoms with Crippen LogP contribution in [-0.4, -0.2) is 36.5 Å². The summed E-state index contributed by atoms with van der Waals surface area (Å²) in [5.41, 5.74) is 0.737. The number of sulfonamides is 1. The number of nitrogens with zero attached hydrogens (tertiary/aromatic N) is 3. The van der Waals surface area contributed by atoms with E-state index in [0.29, 0.717) is 18.4 Å². The predicted octanol–water partition coefficient (Wildman–Crippen LogP) is 2.48. The first kappa shape index (κ1) is 20.8. The summed E-state index contributed by atoms with van der Waals surface area (Å²) in [6.45, 7) is -0.0678. The Morgan fingerprint density at radius 2 is 1.83 bits per heavy atom. The third-order valence-corrected chi connectivity index (χ3v) is 5.97. The number of nitriles is 1. The summed E-state index contributed by atoms with van der Waals surface area (Å²) in [5.74, 6) is -0.261. The van der Waals surface area contributed by atoms with Crippen molar-refractivity contribution in [2.45, 2.75) is 30.5 Å². The van der Waals surface area contributed by atoms with Crippen LogP contribution < -0.4 is 14.8 Å². The van der Waals surface area contributed by atoms with Gasteiger partial charge in [-0.25, -0.2) is 23.1 Å². The highest BCUT2D eigenvalue weighted by Crippen LogP contribution is 2.29. The molecule has 0 spiro atoms. The van der Waals surface area contributed by atoms with Crippen LogP contribution in [0.3, 0.4) is 0 Å². The van der Waals surface area contributed by atoms with E-state index in [2.05, 4.69) is 24.7 Å². The standard InChI is InChI=1S/C17H16F3N5O3S/c18-17(19,20)28-13-3-1-12(2-4-13)15(10-24-29(26,27)14-5-6-14)25-16-22-8-11(7-21)9-23-16/h1-4,8-9,14-15,24H,5-6,10H2,(H,22,23,25). The number of ether oxygens (including phenoxy) is 1. The molecule has 1 saturated carbocycles. The number of anilines is 1. The van der Waals surface area contributed by atoms with Crippen molar-refractivity contribution in [3.8, 4) is 11.8 Å². The van der Waals surface area contributed by atoms with Crippen molar-refractivity contribution >= 4 is 16.0 Å². The SMILES string of the molecule is N#Cc1cnc(NC(CNS(=O)(=O)C2CC2)c2ccc(OC(F)(F)F)cc2)nc1. The molecule has 1 aliphatic rings. The number of halogens is 3. The fraction of sp³-hybridized carbons (Fsp3) is 0.353. The van der Waals surface area contributed by atoms with Crippen LogP contribution in [0.15, 0.2) is 36.7 Å². The lowest BCUT2D eigenvalue weighted by Gasteiger charge is -2.20. The molecule has 1 atom stereocenters. The van der Waals surface area contributed by atoms with Gasteiger partial charge in [0.1, 0.15) is 11.8 Å². The summed E-state index contributed by atoms with van der Waals surface area (Å²) in [6, 6.07) is 6.24. The van der Waals surface area contributed by atoms with E-state index in [9.17, 15) is 21.6 Å². The van der Waals surface area contributed by atoms with Gasteiger partial charge in [-0.3, -0.25) is 0 Å². The van der Waals surface area contributed by atoms with Crippen molar-refractivity contribution in [3.05, 3.63) is 47.8 Å². The zero-order valence-corrected chi connectivity index (χ0v) is 15.7. The summed E-state index contributed by atoms with van der Waals surface area (Å²) < 4.78 is 67.6. The number of benzene rings is 1. The highest BCUT2D eigenvalue weighted by Gasteiger charge is 2.36. The van der Waals surface area contributed by atoms with Gasteiger partial charge in [-0.15, -0.1) is 13.2 Å². The molecule has 2 aromatic rings. The number of nitrogens with one attached hydrogen (secondary N) is 2. The van der Waals surface area contributed by atoms with Crippen LogP contribution in [-0.2, 0) is 10.0 Å². The van der Waals surface area contributed by atoms with Gasteiger partial charge < -0.3 is 10.1 Å². The van der Waals surface area contributed by atoms with Gasteiger partial charge >= 0.3 is 6.36 Å². The molecule has 1 aliphatic carbocycles. The van der Waals surface area contributed by atoms with Crippen molar-refractivity contribution in [1.82, 2.24) is 14.7 Å². The minimum Gasteiger partial charge on any atom is -0.406 e. The zero-order chi connectivity index (χ0) is 21.1. The lowest BCUT2D eigenvalue weighted by atomic mass is 10.1.